The molecule has 0 heterocycles. The number of carbonyl (C=O) groups is 1. The lowest BCUT2D eigenvalue weighted by atomic mass is 10.1. The van der Waals surface area contributed by atoms with Crippen molar-refractivity contribution in [3.05, 3.63) is 35.4 Å². The first-order valence-electron chi connectivity index (χ1n) is 6.59. The first-order chi connectivity index (χ1) is 9.06. The van der Waals surface area contributed by atoms with Gasteiger partial charge in [-0.1, -0.05) is 19.1 Å². The van der Waals surface area contributed by atoms with Gasteiger partial charge in [0.25, 0.3) is 0 Å². The fourth-order valence-corrected chi connectivity index (χ4v) is 1.93. The van der Waals surface area contributed by atoms with Crippen LogP contribution < -0.4 is 10.6 Å². The summed E-state index contributed by atoms with van der Waals surface area (Å²) < 4.78 is 0. The fourth-order valence-electron chi connectivity index (χ4n) is 1.93. The van der Waals surface area contributed by atoms with Gasteiger partial charge in [0.05, 0.1) is 17.7 Å². The molecule has 0 radical (unpaired) electrons. The molecule has 0 aliphatic rings. The van der Waals surface area contributed by atoms with E-state index in [1.165, 1.54) is 0 Å². The van der Waals surface area contributed by atoms with Crippen molar-refractivity contribution >= 4 is 5.91 Å². The van der Waals surface area contributed by atoms with Crippen molar-refractivity contribution < 1.29 is 4.79 Å². The number of nitriles is 1. The molecule has 4 heteroatoms. The number of hydrogen-bond donors (Lipinski definition) is 2. The lowest BCUT2D eigenvalue weighted by Crippen LogP contribution is -2.34. The van der Waals surface area contributed by atoms with E-state index in [1.807, 2.05) is 32.9 Å². The van der Waals surface area contributed by atoms with Crippen LogP contribution in [0, 0.1) is 11.3 Å². The van der Waals surface area contributed by atoms with Gasteiger partial charge in [0, 0.05) is 12.5 Å². The third kappa shape index (κ3) is 5.11. The summed E-state index contributed by atoms with van der Waals surface area (Å²) in [5.41, 5.74) is 1.63. The van der Waals surface area contributed by atoms with Crippen LogP contribution in [-0.2, 0) is 4.79 Å². The molecule has 2 N–H and O–H groups in total. The van der Waals surface area contributed by atoms with Crippen molar-refractivity contribution in [3.63, 3.8) is 0 Å². The molecule has 1 aromatic rings. The Morgan fingerprint density at radius 2 is 1.95 bits per heavy atom. The van der Waals surface area contributed by atoms with Gasteiger partial charge in [-0.3, -0.25) is 4.79 Å². The largest absolute Gasteiger partial charge is 0.350 e. The van der Waals surface area contributed by atoms with Crippen molar-refractivity contribution in [2.75, 3.05) is 6.54 Å². The zero-order chi connectivity index (χ0) is 14.3. The molecule has 0 aliphatic carbocycles. The summed E-state index contributed by atoms with van der Waals surface area (Å²) in [7, 11) is 0. The normalized spacial score (nSPS) is 13.4. The van der Waals surface area contributed by atoms with E-state index in [0.29, 0.717) is 12.0 Å². The quantitative estimate of drug-likeness (QED) is 0.822. The molecular formula is C15H21N3O. The first kappa shape index (κ1) is 15.2. The Hall–Kier alpha value is -1.86. The van der Waals surface area contributed by atoms with E-state index in [4.69, 9.17) is 5.26 Å². The van der Waals surface area contributed by atoms with Gasteiger partial charge in [-0.05, 0) is 38.1 Å². The molecule has 1 rings (SSSR count). The van der Waals surface area contributed by atoms with Crippen LogP contribution in [-0.4, -0.2) is 18.5 Å². The topological polar surface area (TPSA) is 64.9 Å². The summed E-state index contributed by atoms with van der Waals surface area (Å²) in [6.07, 6.45) is 0.467. The maximum absolute atomic E-state index is 11.8. The minimum absolute atomic E-state index is 0.0327. The lowest BCUT2D eigenvalue weighted by Gasteiger charge is -2.17. The zero-order valence-electron chi connectivity index (χ0n) is 11.7. The monoisotopic (exact) mass is 259 g/mol. The Balaban J connectivity index is 2.51. The molecule has 0 saturated heterocycles. The molecule has 0 spiro atoms. The molecule has 0 aromatic heterocycles. The lowest BCUT2D eigenvalue weighted by molar-refractivity contribution is -0.122. The predicted octanol–water partition coefficient (Wildman–Crippen LogP) is 2.12. The zero-order valence-corrected chi connectivity index (χ0v) is 11.7. The van der Waals surface area contributed by atoms with Gasteiger partial charge in [0.1, 0.15) is 0 Å². The minimum atomic E-state index is -0.0472. The van der Waals surface area contributed by atoms with Gasteiger partial charge in [0.2, 0.25) is 5.91 Å². The smallest absolute Gasteiger partial charge is 0.222 e. The van der Waals surface area contributed by atoms with Gasteiger partial charge in [-0.15, -0.1) is 0 Å². The highest BCUT2D eigenvalue weighted by Crippen LogP contribution is 2.13. The van der Waals surface area contributed by atoms with Crippen molar-refractivity contribution in [1.29, 1.82) is 5.26 Å². The van der Waals surface area contributed by atoms with Crippen LogP contribution in [0.3, 0.4) is 0 Å². The Labute approximate surface area is 114 Å². The van der Waals surface area contributed by atoms with Gasteiger partial charge >= 0.3 is 0 Å². The minimum Gasteiger partial charge on any atom is -0.350 e. The van der Waals surface area contributed by atoms with E-state index in [-0.39, 0.29) is 18.0 Å². The van der Waals surface area contributed by atoms with Crippen LogP contribution in [0.25, 0.3) is 0 Å². The fraction of sp³-hybridized carbons (Fsp3) is 0.467. The third-order valence-electron chi connectivity index (χ3n) is 2.96. The molecule has 0 saturated carbocycles. The van der Waals surface area contributed by atoms with E-state index in [1.54, 1.807) is 12.1 Å². The Kier molecular flexibility index (Phi) is 6.04. The Morgan fingerprint density at radius 1 is 1.32 bits per heavy atom. The standard InChI is InChI=1S/C15H21N3O/c1-4-17-11(2)9-15(19)18-12(3)14-7-5-13(10-16)6-8-14/h5-8,11-12,17H,4,9H2,1-3H3,(H,18,19). The SMILES string of the molecule is CCNC(C)CC(=O)NC(C)c1ccc(C#N)cc1. The second-order valence-electron chi connectivity index (χ2n) is 4.69. The average molecular weight is 259 g/mol. The number of rotatable bonds is 6. The van der Waals surface area contributed by atoms with Crippen LogP contribution in [0.4, 0.5) is 0 Å². The number of amides is 1. The molecular weight excluding hydrogens is 238 g/mol. The highest BCUT2D eigenvalue weighted by molar-refractivity contribution is 5.77. The summed E-state index contributed by atoms with van der Waals surface area (Å²) in [6, 6.07) is 9.48. The molecule has 102 valence electrons. The maximum atomic E-state index is 11.8. The molecule has 19 heavy (non-hydrogen) atoms. The van der Waals surface area contributed by atoms with Crippen LogP contribution in [0.1, 0.15) is 44.4 Å². The molecule has 1 amide bonds. The average Bonchev–Trinajstić information content (AvgIpc) is 2.38. The van der Waals surface area contributed by atoms with E-state index in [9.17, 15) is 4.79 Å². The molecule has 2 atom stereocenters. The maximum Gasteiger partial charge on any atom is 0.222 e. The van der Waals surface area contributed by atoms with Crippen LogP contribution in [0.15, 0.2) is 24.3 Å². The number of carbonyl (C=O) groups excluding carboxylic acids is 1. The van der Waals surface area contributed by atoms with E-state index in [2.05, 4.69) is 16.7 Å². The number of hydrogen-bond acceptors (Lipinski definition) is 3. The van der Waals surface area contributed by atoms with Crippen molar-refractivity contribution in [2.24, 2.45) is 0 Å². The predicted molar refractivity (Wildman–Crippen MR) is 75.5 cm³/mol. The van der Waals surface area contributed by atoms with Crippen LogP contribution in [0.2, 0.25) is 0 Å². The molecule has 2 unspecified atom stereocenters. The summed E-state index contributed by atoms with van der Waals surface area (Å²) in [5.74, 6) is 0.0327. The van der Waals surface area contributed by atoms with Gasteiger partial charge in [-0.25, -0.2) is 0 Å². The van der Waals surface area contributed by atoms with Crippen molar-refractivity contribution in [1.82, 2.24) is 10.6 Å². The summed E-state index contributed by atoms with van der Waals surface area (Å²) in [6.45, 7) is 6.82. The van der Waals surface area contributed by atoms with E-state index in [0.717, 1.165) is 12.1 Å². The van der Waals surface area contributed by atoms with Gasteiger partial charge in [0.15, 0.2) is 0 Å². The second kappa shape index (κ2) is 7.55. The Morgan fingerprint density at radius 3 is 2.47 bits per heavy atom. The van der Waals surface area contributed by atoms with E-state index < -0.39 is 0 Å². The van der Waals surface area contributed by atoms with Crippen molar-refractivity contribution in [3.8, 4) is 6.07 Å². The van der Waals surface area contributed by atoms with Gasteiger partial charge < -0.3 is 10.6 Å². The second-order valence-corrected chi connectivity index (χ2v) is 4.69. The molecule has 0 aliphatic heterocycles. The number of nitrogens with zero attached hydrogens (tertiary/aromatic N) is 1. The van der Waals surface area contributed by atoms with Crippen molar-refractivity contribution in [2.45, 2.75) is 39.3 Å². The number of benzene rings is 1. The molecule has 0 bridgehead atoms. The van der Waals surface area contributed by atoms with Crippen LogP contribution in [0.5, 0.6) is 0 Å². The number of nitrogens with one attached hydrogen (secondary N) is 2. The third-order valence-corrected chi connectivity index (χ3v) is 2.96. The summed E-state index contributed by atoms with van der Waals surface area (Å²) in [4.78, 5) is 11.8. The molecule has 1 aromatic carbocycles. The summed E-state index contributed by atoms with van der Waals surface area (Å²) in [5, 5.41) is 14.9. The highest BCUT2D eigenvalue weighted by Gasteiger charge is 2.12. The Bertz CT molecular complexity index is 447. The van der Waals surface area contributed by atoms with E-state index >= 15 is 0 Å². The van der Waals surface area contributed by atoms with Crippen LogP contribution >= 0.6 is 0 Å². The molecule has 0 fully saturated rings. The molecule has 4 nitrogen and oxygen atoms in total. The highest BCUT2D eigenvalue weighted by atomic mass is 16.1. The first-order valence-corrected chi connectivity index (χ1v) is 6.59. The van der Waals surface area contributed by atoms with Gasteiger partial charge in [-0.2, -0.15) is 5.26 Å². The summed E-state index contributed by atoms with van der Waals surface area (Å²) >= 11 is 0.